The lowest BCUT2D eigenvalue weighted by molar-refractivity contribution is -0.115. The van der Waals surface area contributed by atoms with Crippen LogP contribution in [0.1, 0.15) is 18.5 Å². The molecule has 0 aliphatic rings. The molecule has 0 heterocycles. The molecule has 0 saturated heterocycles. The smallest absolute Gasteiger partial charge is 0.288 e. The Balaban J connectivity index is 1.85. The molecule has 2 aromatic carbocycles. The molecule has 0 aliphatic carbocycles. The van der Waals surface area contributed by atoms with Crippen LogP contribution < -0.4 is 15.4 Å². The molecule has 4 nitrogen and oxygen atoms in total. The number of anilines is 1. The molecule has 0 bridgehead atoms. The Bertz CT molecular complexity index is 744. The highest BCUT2D eigenvalue weighted by Gasteiger charge is 2.11. The maximum Gasteiger partial charge on any atom is 0.288 e. The molecule has 0 radical (unpaired) electrons. The van der Waals surface area contributed by atoms with Crippen molar-refractivity contribution in [2.45, 2.75) is 23.6 Å². The lowest BCUT2D eigenvalue weighted by Crippen LogP contribution is -2.30. The molecule has 0 fully saturated rings. The number of nitrogens with one attached hydrogen (secondary N) is 2. The average Bonchev–Trinajstić information content (AvgIpc) is 2.61. The van der Waals surface area contributed by atoms with Crippen LogP contribution in [0.3, 0.4) is 0 Å². The summed E-state index contributed by atoms with van der Waals surface area (Å²) in [5.41, 5.74) is 1.58. The van der Waals surface area contributed by atoms with Crippen molar-refractivity contribution >= 4 is 39.3 Å². The quantitative estimate of drug-likeness (QED) is 0.558. The summed E-state index contributed by atoms with van der Waals surface area (Å²) in [5.74, 6) is -1.93. The van der Waals surface area contributed by atoms with Gasteiger partial charge in [0.15, 0.2) is 0 Å². The van der Waals surface area contributed by atoms with Gasteiger partial charge in [0.05, 0.1) is 18.1 Å². The first-order chi connectivity index (χ1) is 12.4. The number of alkyl halides is 2. The van der Waals surface area contributed by atoms with Crippen molar-refractivity contribution in [3.63, 3.8) is 0 Å². The molecular weight excluding hydrogens is 426 g/mol. The van der Waals surface area contributed by atoms with Crippen LogP contribution in [0.25, 0.3) is 0 Å². The zero-order chi connectivity index (χ0) is 19.1. The number of rotatable bonds is 8. The molecule has 0 saturated carbocycles. The van der Waals surface area contributed by atoms with Gasteiger partial charge in [-0.3, -0.25) is 4.79 Å². The van der Waals surface area contributed by atoms with Gasteiger partial charge in [-0.1, -0.05) is 17.8 Å². The first-order valence-corrected chi connectivity index (χ1v) is 9.48. The molecule has 1 unspecified atom stereocenters. The Kier molecular flexibility index (Phi) is 7.86. The average molecular weight is 445 g/mol. The van der Waals surface area contributed by atoms with Crippen molar-refractivity contribution in [1.29, 1.82) is 0 Å². The second-order valence-corrected chi connectivity index (χ2v) is 7.37. The standard InChI is InChI=1S/C18H19BrF2N2O2S/c1-11(12-3-8-16(25-2)15(19)9-12)22-10-17(24)23-13-4-6-14(7-5-13)26-18(20)21/h3-9,11,18,22H,10H2,1-2H3,(H,23,24). The van der Waals surface area contributed by atoms with Gasteiger partial charge >= 0.3 is 0 Å². The van der Waals surface area contributed by atoms with Crippen LogP contribution in [0.2, 0.25) is 0 Å². The van der Waals surface area contributed by atoms with E-state index in [1.165, 1.54) is 0 Å². The van der Waals surface area contributed by atoms with E-state index in [9.17, 15) is 13.6 Å². The first kappa shape index (κ1) is 20.7. The van der Waals surface area contributed by atoms with Gasteiger partial charge in [-0.15, -0.1) is 0 Å². The topological polar surface area (TPSA) is 50.4 Å². The van der Waals surface area contributed by atoms with Crippen LogP contribution in [0, 0.1) is 0 Å². The Morgan fingerprint density at radius 3 is 2.50 bits per heavy atom. The molecule has 140 valence electrons. The largest absolute Gasteiger partial charge is 0.496 e. The molecule has 0 spiro atoms. The summed E-state index contributed by atoms with van der Waals surface area (Å²) in [6.45, 7) is 2.08. The number of hydrogen-bond acceptors (Lipinski definition) is 4. The summed E-state index contributed by atoms with van der Waals surface area (Å²) in [4.78, 5) is 12.5. The van der Waals surface area contributed by atoms with Gasteiger partial charge in [0.2, 0.25) is 5.91 Å². The van der Waals surface area contributed by atoms with Gasteiger partial charge in [0.1, 0.15) is 5.75 Å². The fourth-order valence-corrected chi connectivity index (χ4v) is 3.30. The number of thioether (sulfide) groups is 1. The normalized spacial score (nSPS) is 12.1. The molecule has 2 N–H and O–H groups in total. The molecular formula is C18H19BrF2N2O2S. The highest BCUT2D eigenvalue weighted by molar-refractivity contribution is 9.10. The summed E-state index contributed by atoms with van der Waals surface area (Å²) in [6, 6.07) is 12.0. The van der Waals surface area contributed by atoms with E-state index in [-0.39, 0.29) is 18.5 Å². The van der Waals surface area contributed by atoms with E-state index >= 15 is 0 Å². The number of hydrogen-bond donors (Lipinski definition) is 2. The number of halogens is 3. The molecule has 8 heteroatoms. The monoisotopic (exact) mass is 444 g/mol. The fourth-order valence-electron chi connectivity index (χ4n) is 2.24. The Hall–Kier alpha value is -1.64. The van der Waals surface area contributed by atoms with Crippen LogP contribution in [-0.4, -0.2) is 25.3 Å². The molecule has 26 heavy (non-hydrogen) atoms. The van der Waals surface area contributed by atoms with Crippen molar-refractivity contribution in [2.24, 2.45) is 0 Å². The minimum Gasteiger partial charge on any atom is -0.496 e. The van der Waals surface area contributed by atoms with Crippen molar-refractivity contribution in [1.82, 2.24) is 5.32 Å². The van der Waals surface area contributed by atoms with Gasteiger partial charge in [0, 0.05) is 16.6 Å². The maximum atomic E-state index is 12.3. The second kappa shape index (κ2) is 9.89. The summed E-state index contributed by atoms with van der Waals surface area (Å²) in [7, 11) is 1.60. The third kappa shape index (κ3) is 6.26. The predicted molar refractivity (Wildman–Crippen MR) is 104 cm³/mol. The zero-order valence-electron chi connectivity index (χ0n) is 14.3. The van der Waals surface area contributed by atoms with Gasteiger partial charge in [0.25, 0.3) is 5.76 Å². The van der Waals surface area contributed by atoms with Gasteiger partial charge in [-0.05, 0) is 64.8 Å². The number of methoxy groups -OCH3 is 1. The molecule has 1 amide bonds. The van der Waals surface area contributed by atoms with E-state index in [2.05, 4.69) is 26.6 Å². The number of carbonyl (C=O) groups is 1. The van der Waals surface area contributed by atoms with Crippen molar-refractivity contribution in [3.8, 4) is 5.75 Å². The molecule has 2 rings (SSSR count). The van der Waals surface area contributed by atoms with Crippen LogP contribution in [0.15, 0.2) is 51.8 Å². The highest BCUT2D eigenvalue weighted by Crippen LogP contribution is 2.28. The van der Waals surface area contributed by atoms with Crippen molar-refractivity contribution < 1.29 is 18.3 Å². The molecule has 1 atom stereocenters. The molecule has 2 aromatic rings. The van der Waals surface area contributed by atoms with Gasteiger partial charge in [-0.25, -0.2) is 0 Å². The third-order valence-electron chi connectivity index (χ3n) is 3.61. The van der Waals surface area contributed by atoms with E-state index in [1.54, 1.807) is 31.4 Å². The van der Waals surface area contributed by atoms with Crippen LogP contribution in [0.4, 0.5) is 14.5 Å². The van der Waals surface area contributed by atoms with E-state index in [1.807, 2.05) is 25.1 Å². The van der Waals surface area contributed by atoms with E-state index in [0.29, 0.717) is 22.3 Å². The number of carbonyl (C=O) groups excluding carboxylic acids is 1. The summed E-state index contributed by atoms with van der Waals surface area (Å²) in [5, 5.41) is 5.88. The van der Waals surface area contributed by atoms with Crippen molar-refractivity contribution in [3.05, 3.63) is 52.5 Å². The maximum absolute atomic E-state index is 12.3. The second-order valence-electron chi connectivity index (χ2n) is 5.45. The SMILES string of the molecule is COc1ccc(C(C)NCC(=O)Nc2ccc(SC(F)F)cc2)cc1Br. The van der Waals surface area contributed by atoms with Crippen molar-refractivity contribution in [2.75, 3.05) is 19.0 Å². The van der Waals surface area contributed by atoms with E-state index < -0.39 is 5.76 Å². The van der Waals surface area contributed by atoms with Crippen LogP contribution in [-0.2, 0) is 4.79 Å². The Morgan fingerprint density at radius 2 is 1.92 bits per heavy atom. The van der Waals surface area contributed by atoms with Gasteiger partial charge < -0.3 is 15.4 Å². The fraction of sp³-hybridized carbons (Fsp3) is 0.278. The summed E-state index contributed by atoms with van der Waals surface area (Å²) in [6.07, 6.45) is 0. The third-order valence-corrected chi connectivity index (χ3v) is 4.95. The lowest BCUT2D eigenvalue weighted by atomic mass is 10.1. The summed E-state index contributed by atoms with van der Waals surface area (Å²) < 4.78 is 30.6. The summed E-state index contributed by atoms with van der Waals surface area (Å²) >= 11 is 3.91. The Labute approximate surface area is 163 Å². The molecule has 0 aliphatic heterocycles. The first-order valence-electron chi connectivity index (χ1n) is 7.80. The Morgan fingerprint density at radius 1 is 1.23 bits per heavy atom. The lowest BCUT2D eigenvalue weighted by Gasteiger charge is -2.15. The molecule has 0 aromatic heterocycles. The minimum absolute atomic E-state index is 0.0345. The number of ether oxygens (including phenoxy) is 1. The minimum atomic E-state index is -2.46. The predicted octanol–water partition coefficient (Wildman–Crippen LogP) is 5.06. The van der Waals surface area contributed by atoms with Crippen LogP contribution >= 0.6 is 27.7 Å². The van der Waals surface area contributed by atoms with E-state index in [4.69, 9.17) is 4.74 Å². The van der Waals surface area contributed by atoms with Crippen LogP contribution in [0.5, 0.6) is 5.75 Å². The number of amides is 1. The number of benzene rings is 2. The van der Waals surface area contributed by atoms with Gasteiger partial charge in [-0.2, -0.15) is 8.78 Å². The zero-order valence-corrected chi connectivity index (χ0v) is 16.7. The van der Waals surface area contributed by atoms with E-state index in [0.717, 1.165) is 15.8 Å². The highest BCUT2D eigenvalue weighted by atomic mass is 79.9.